The van der Waals surface area contributed by atoms with Crippen molar-refractivity contribution in [2.75, 3.05) is 0 Å². The van der Waals surface area contributed by atoms with E-state index in [0.29, 0.717) is 0 Å². The molecule has 2 aromatic heterocycles. The van der Waals surface area contributed by atoms with Gasteiger partial charge in [0.25, 0.3) is 0 Å². The van der Waals surface area contributed by atoms with E-state index in [2.05, 4.69) is 35.8 Å². The van der Waals surface area contributed by atoms with Crippen molar-refractivity contribution in [2.24, 2.45) is 0 Å². The van der Waals surface area contributed by atoms with Gasteiger partial charge in [-0.05, 0) is 0 Å². The second-order valence-electron chi connectivity index (χ2n) is 4.09. The van der Waals surface area contributed by atoms with Crippen LogP contribution in [0.4, 0.5) is 0 Å². The van der Waals surface area contributed by atoms with Gasteiger partial charge in [0.05, 0.1) is 5.69 Å². The molecule has 0 bridgehead atoms. The zero-order chi connectivity index (χ0) is 11.5. The van der Waals surface area contributed by atoms with Crippen LogP contribution in [0.2, 0.25) is 0 Å². The van der Waals surface area contributed by atoms with E-state index in [1.807, 2.05) is 19.9 Å². The Morgan fingerprint density at radius 2 is 1.80 bits per heavy atom. The normalized spacial score (nSPS) is 11.0. The van der Waals surface area contributed by atoms with E-state index >= 15 is 0 Å². The molecule has 0 saturated heterocycles. The van der Waals surface area contributed by atoms with Crippen molar-refractivity contribution in [3.63, 3.8) is 0 Å². The second kappa shape index (κ2) is 4.38. The molecule has 0 atom stereocenters. The van der Waals surface area contributed by atoms with Gasteiger partial charge in [0, 0.05) is 11.5 Å². The largest absolute Gasteiger partial charge is 0.241 e. The highest BCUT2D eigenvalue weighted by atomic mass is 15.3. The molecule has 0 saturated carbocycles. The summed E-state index contributed by atoms with van der Waals surface area (Å²) in [6.07, 6.45) is 3.23. The Kier molecular flexibility index (Phi) is 3.39. The zero-order valence-electron chi connectivity index (χ0n) is 10.0. The summed E-state index contributed by atoms with van der Waals surface area (Å²) >= 11 is 0. The highest BCUT2D eigenvalue weighted by Gasteiger charge is 2.15. The van der Waals surface area contributed by atoms with Gasteiger partial charge in [0.1, 0.15) is 12.7 Å². The van der Waals surface area contributed by atoms with Crippen LogP contribution in [-0.4, -0.2) is 19.6 Å². The van der Waals surface area contributed by atoms with Gasteiger partial charge in [-0.1, -0.05) is 34.6 Å². The predicted octanol–water partition coefficient (Wildman–Crippen LogP) is 2.45. The molecule has 0 unspecified atom stereocenters. The summed E-state index contributed by atoms with van der Waals surface area (Å²) in [5, 5.41) is 3.98. The summed E-state index contributed by atoms with van der Waals surface area (Å²) in [6.45, 7) is 10.4. The van der Waals surface area contributed by atoms with E-state index in [0.717, 1.165) is 11.3 Å². The van der Waals surface area contributed by atoms with Crippen molar-refractivity contribution >= 4 is 5.65 Å². The Bertz CT molecular complexity index is 425. The van der Waals surface area contributed by atoms with Crippen LogP contribution in [0.1, 0.15) is 40.3 Å². The number of fused-ring (bicyclic) bond motifs is 1. The van der Waals surface area contributed by atoms with E-state index in [1.165, 1.54) is 6.33 Å². The molecule has 0 radical (unpaired) electrons. The lowest BCUT2D eigenvalue weighted by molar-refractivity contribution is 0.566. The van der Waals surface area contributed by atoms with Crippen LogP contribution >= 0.6 is 0 Å². The minimum atomic E-state index is 0.0632. The highest BCUT2D eigenvalue weighted by Crippen LogP contribution is 2.19. The Morgan fingerprint density at radius 3 is 2.40 bits per heavy atom. The second-order valence-corrected chi connectivity index (χ2v) is 4.09. The van der Waals surface area contributed by atoms with Gasteiger partial charge >= 0.3 is 0 Å². The van der Waals surface area contributed by atoms with Crippen LogP contribution in [0.25, 0.3) is 5.65 Å². The first kappa shape index (κ1) is 11.6. The van der Waals surface area contributed by atoms with Crippen molar-refractivity contribution in [1.29, 1.82) is 0 Å². The molecule has 0 spiro atoms. The number of hydrogen-bond donors (Lipinski definition) is 0. The number of rotatable bonds is 0. The molecule has 15 heavy (non-hydrogen) atoms. The third-order valence-corrected chi connectivity index (χ3v) is 1.94. The minimum Gasteiger partial charge on any atom is -0.241 e. The number of nitrogens with zero attached hydrogens (tertiary/aromatic N) is 4. The molecular weight excluding hydrogens is 188 g/mol. The molecule has 82 valence electrons. The molecular formula is C11H18N4. The fourth-order valence-corrected chi connectivity index (χ4v) is 1.14. The monoisotopic (exact) mass is 206 g/mol. The topological polar surface area (TPSA) is 43.1 Å². The molecule has 0 N–H and O–H groups in total. The maximum absolute atomic E-state index is 4.31. The van der Waals surface area contributed by atoms with E-state index in [1.54, 1.807) is 10.8 Å². The first-order valence-electron chi connectivity index (χ1n) is 5.23. The van der Waals surface area contributed by atoms with Gasteiger partial charge in [-0.25, -0.2) is 14.5 Å². The van der Waals surface area contributed by atoms with Crippen LogP contribution in [0.15, 0.2) is 18.7 Å². The first-order valence-corrected chi connectivity index (χ1v) is 5.23. The van der Waals surface area contributed by atoms with Gasteiger partial charge < -0.3 is 0 Å². The van der Waals surface area contributed by atoms with Gasteiger partial charge in [-0.3, -0.25) is 0 Å². The summed E-state index contributed by atoms with van der Waals surface area (Å²) in [7, 11) is 0. The minimum absolute atomic E-state index is 0.0632. The molecule has 0 fully saturated rings. The molecule has 0 aromatic carbocycles. The Morgan fingerprint density at radius 1 is 1.13 bits per heavy atom. The van der Waals surface area contributed by atoms with Crippen molar-refractivity contribution in [1.82, 2.24) is 19.6 Å². The van der Waals surface area contributed by atoms with Gasteiger partial charge in [0.15, 0.2) is 5.65 Å². The van der Waals surface area contributed by atoms with Crippen molar-refractivity contribution in [3.05, 3.63) is 24.4 Å². The molecule has 0 aliphatic carbocycles. The number of hydrogen-bond acceptors (Lipinski definition) is 3. The smallest absolute Gasteiger partial charge is 0.158 e. The first-order chi connectivity index (χ1) is 7.07. The zero-order valence-corrected chi connectivity index (χ0v) is 10.0. The average molecular weight is 206 g/mol. The lowest BCUT2D eigenvalue weighted by Gasteiger charge is -2.16. The van der Waals surface area contributed by atoms with Crippen molar-refractivity contribution in [2.45, 2.75) is 40.0 Å². The van der Waals surface area contributed by atoms with E-state index in [9.17, 15) is 0 Å². The SMILES string of the molecule is CC.CC(C)(C)c1cc2ncnn2cn1. The Hall–Kier alpha value is -1.45. The molecule has 2 rings (SSSR count). The van der Waals surface area contributed by atoms with Gasteiger partial charge in [-0.15, -0.1) is 0 Å². The molecule has 0 aliphatic heterocycles. The molecule has 0 aliphatic rings. The predicted molar refractivity (Wildman–Crippen MR) is 60.8 cm³/mol. The standard InChI is InChI=1S/C9H12N4.C2H6/c1-9(2,3)7-4-8-10-5-12-13(8)6-11-7;1-2/h4-6H,1-3H3;1-2H3. The van der Waals surface area contributed by atoms with Crippen molar-refractivity contribution in [3.8, 4) is 0 Å². The van der Waals surface area contributed by atoms with Crippen LogP contribution in [0.3, 0.4) is 0 Å². The Balaban J connectivity index is 0.000000531. The quantitative estimate of drug-likeness (QED) is 0.665. The fraction of sp³-hybridized carbons (Fsp3) is 0.545. The molecule has 2 aromatic rings. The summed E-state index contributed by atoms with van der Waals surface area (Å²) in [5.41, 5.74) is 1.95. The summed E-state index contributed by atoms with van der Waals surface area (Å²) in [5.74, 6) is 0. The summed E-state index contributed by atoms with van der Waals surface area (Å²) in [4.78, 5) is 8.42. The molecule has 0 amide bonds. The van der Waals surface area contributed by atoms with Crippen LogP contribution in [-0.2, 0) is 5.41 Å². The molecule has 2 heterocycles. The molecule has 4 heteroatoms. The van der Waals surface area contributed by atoms with Crippen LogP contribution in [0.5, 0.6) is 0 Å². The number of aromatic nitrogens is 4. The van der Waals surface area contributed by atoms with E-state index < -0.39 is 0 Å². The van der Waals surface area contributed by atoms with Gasteiger partial charge in [0.2, 0.25) is 0 Å². The fourth-order valence-electron chi connectivity index (χ4n) is 1.14. The average Bonchev–Trinajstić information content (AvgIpc) is 2.66. The maximum atomic E-state index is 4.31. The highest BCUT2D eigenvalue weighted by molar-refractivity contribution is 5.38. The van der Waals surface area contributed by atoms with Crippen LogP contribution in [0, 0.1) is 0 Å². The summed E-state index contributed by atoms with van der Waals surface area (Å²) in [6, 6.07) is 1.97. The van der Waals surface area contributed by atoms with Crippen LogP contribution < -0.4 is 0 Å². The lowest BCUT2D eigenvalue weighted by atomic mass is 9.92. The third-order valence-electron chi connectivity index (χ3n) is 1.94. The van der Waals surface area contributed by atoms with Crippen molar-refractivity contribution < 1.29 is 0 Å². The van der Waals surface area contributed by atoms with E-state index in [-0.39, 0.29) is 5.41 Å². The van der Waals surface area contributed by atoms with E-state index in [4.69, 9.17) is 0 Å². The molecule has 4 nitrogen and oxygen atoms in total. The van der Waals surface area contributed by atoms with Gasteiger partial charge in [-0.2, -0.15) is 5.10 Å². The lowest BCUT2D eigenvalue weighted by Crippen LogP contribution is -2.14. The summed E-state index contributed by atoms with van der Waals surface area (Å²) < 4.78 is 1.66. The third kappa shape index (κ3) is 2.52. The maximum Gasteiger partial charge on any atom is 0.158 e. The Labute approximate surface area is 90.4 Å².